The Hall–Kier alpha value is -0.650. The highest BCUT2D eigenvalue weighted by molar-refractivity contribution is 5.69. The van der Waals surface area contributed by atoms with Gasteiger partial charge in [0, 0.05) is 12.8 Å². The van der Waals surface area contributed by atoms with Gasteiger partial charge in [-0.2, -0.15) is 0 Å². The highest BCUT2D eigenvalue weighted by atomic mass is 16.5. The maximum Gasteiger partial charge on any atom is 0.306 e. The highest BCUT2D eigenvalue weighted by Gasteiger charge is 2.17. The fourth-order valence-corrected chi connectivity index (χ4v) is 1.71. The van der Waals surface area contributed by atoms with E-state index in [9.17, 15) is 4.79 Å². The molecule has 0 saturated heterocycles. The molecule has 0 radical (unpaired) electrons. The Balaban J connectivity index is 3.61. The Labute approximate surface area is 109 Å². The summed E-state index contributed by atoms with van der Waals surface area (Å²) in [5.41, 5.74) is 5.46. The van der Waals surface area contributed by atoms with Crippen molar-refractivity contribution in [2.45, 2.75) is 77.2 Å². The van der Waals surface area contributed by atoms with Crippen LogP contribution in [0.5, 0.6) is 0 Å². The molecule has 2 unspecified atom stereocenters. The number of carbonyl (C=O) groups is 1. The van der Waals surface area contributed by atoms with Crippen LogP contribution in [0.15, 0.2) is 0 Å². The van der Waals surface area contributed by atoms with Gasteiger partial charge in [-0.25, -0.2) is 0 Å². The number of unbranched alkanes of at least 4 members (excludes halogenated alkanes) is 4. The smallest absolute Gasteiger partial charge is 0.306 e. The molecule has 0 spiro atoms. The van der Waals surface area contributed by atoms with Gasteiger partial charge in [0.15, 0.2) is 6.29 Å². The number of hydrogen-bond donors (Lipinski definition) is 3. The minimum absolute atomic E-state index is 0.237. The van der Waals surface area contributed by atoms with Crippen LogP contribution in [0, 0.1) is 0 Å². The van der Waals surface area contributed by atoms with Gasteiger partial charge in [-0.3, -0.25) is 4.79 Å². The quantitative estimate of drug-likeness (QED) is 0.313. The van der Waals surface area contributed by atoms with Crippen molar-refractivity contribution in [2.75, 3.05) is 0 Å². The first-order valence-electron chi connectivity index (χ1n) is 6.78. The van der Waals surface area contributed by atoms with Gasteiger partial charge in [0.25, 0.3) is 0 Å². The largest absolute Gasteiger partial charge is 0.463 e. The van der Waals surface area contributed by atoms with Gasteiger partial charge in [0.2, 0.25) is 0 Å². The van der Waals surface area contributed by atoms with E-state index in [1.54, 1.807) is 6.92 Å². The summed E-state index contributed by atoms with van der Waals surface area (Å²) in [6.45, 7) is 3.85. The van der Waals surface area contributed by atoms with Crippen molar-refractivity contribution in [3.63, 3.8) is 0 Å². The van der Waals surface area contributed by atoms with Gasteiger partial charge in [-0.15, -0.1) is 0 Å². The molecule has 5 heteroatoms. The molecule has 0 fully saturated rings. The van der Waals surface area contributed by atoms with Gasteiger partial charge in [0.05, 0.1) is 6.04 Å². The SMILES string of the molecule is CCCCCCCC(=O)OC(C)CC(N)C(O)O. The summed E-state index contributed by atoms with van der Waals surface area (Å²) in [6, 6.07) is -0.780. The molecule has 2 atom stereocenters. The van der Waals surface area contributed by atoms with Crippen LogP contribution in [-0.2, 0) is 9.53 Å². The topological polar surface area (TPSA) is 92.8 Å². The Bertz CT molecular complexity index is 221. The second kappa shape index (κ2) is 10.3. The summed E-state index contributed by atoms with van der Waals surface area (Å²) in [4.78, 5) is 11.4. The molecule has 4 N–H and O–H groups in total. The van der Waals surface area contributed by atoms with Gasteiger partial charge >= 0.3 is 5.97 Å². The number of esters is 1. The molecule has 0 rings (SSSR count). The van der Waals surface area contributed by atoms with Crippen LogP contribution in [0.2, 0.25) is 0 Å². The molecule has 0 aromatic rings. The lowest BCUT2D eigenvalue weighted by molar-refractivity contribution is -0.150. The van der Waals surface area contributed by atoms with Crippen molar-refractivity contribution in [1.82, 2.24) is 0 Å². The molecule has 108 valence electrons. The predicted molar refractivity (Wildman–Crippen MR) is 69.7 cm³/mol. The van der Waals surface area contributed by atoms with E-state index in [0.717, 1.165) is 19.3 Å². The van der Waals surface area contributed by atoms with Gasteiger partial charge < -0.3 is 20.7 Å². The predicted octanol–water partition coefficient (Wildman–Crippen LogP) is 1.31. The molecule has 0 aliphatic carbocycles. The third-order valence-corrected chi connectivity index (χ3v) is 2.80. The number of rotatable bonds is 10. The van der Waals surface area contributed by atoms with E-state index in [0.29, 0.717) is 6.42 Å². The second-order valence-electron chi connectivity index (χ2n) is 4.78. The molecule has 0 aromatic carbocycles. The zero-order chi connectivity index (χ0) is 14.0. The first kappa shape index (κ1) is 17.4. The first-order valence-corrected chi connectivity index (χ1v) is 6.78. The van der Waals surface area contributed by atoms with Crippen molar-refractivity contribution in [1.29, 1.82) is 0 Å². The van der Waals surface area contributed by atoms with Gasteiger partial charge in [-0.05, 0) is 13.3 Å². The monoisotopic (exact) mass is 261 g/mol. The molecular formula is C13H27NO4. The second-order valence-corrected chi connectivity index (χ2v) is 4.78. The summed E-state index contributed by atoms with van der Waals surface area (Å²) in [6.07, 6.45) is 4.15. The standard InChI is InChI=1S/C13H27NO4/c1-3-4-5-6-7-8-12(15)18-10(2)9-11(14)13(16)17/h10-11,13,16-17H,3-9,14H2,1-2H3. The Morgan fingerprint density at radius 1 is 1.22 bits per heavy atom. The Morgan fingerprint density at radius 3 is 2.39 bits per heavy atom. The van der Waals surface area contributed by atoms with E-state index >= 15 is 0 Å². The number of aliphatic hydroxyl groups is 2. The normalized spacial score (nSPS) is 14.6. The average Bonchev–Trinajstić information content (AvgIpc) is 2.28. The fraction of sp³-hybridized carbons (Fsp3) is 0.923. The highest BCUT2D eigenvalue weighted by Crippen LogP contribution is 2.09. The lowest BCUT2D eigenvalue weighted by Gasteiger charge is -2.19. The average molecular weight is 261 g/mol. The van der Waals surface area contributed by atoms with Crippen molar-refractivity contribution >= 4 is 5.97 Å². The lowest BCUT2D eigenvalue weighted by atomic mass is 10.1. The molecule has 0 saturated carbocycles. The molecule has 0 aliphatic rings. The van der Waals surface area contributed by atoms with Crippen LogP contribution >= 0.6 is 0 Å². The summed E-state index contributed by atoms with van der Waals surface area (Å²) in [5, 5.41) is 17.6. The van der Waals surface area contributed by atoms with Crippen LogP contribution in [0.4, 0.5) is 0 Å². The van der Waals surface area contributed by atoms with Crippen LogP contribution in [0.3, 0.4) is 0 Å². The molecule has 18 heavy (non-hydrogen) atoms. The molecule has 5 nitrogen and oxygen atoms in total. The first-order chi connectivity index (χ1) is 8.47. The van der Waals surface area contributed by atoms with E-state index < -0.39 is 12.3 Å². The zero-order valence-electron chi connectivity index (χ0n) is 11.5. The van der Waals surface area contributed by atoms with E-state index in [-0.39, 0.29) is 18.5 Å². The molecule has 0 aromatic heterocycles. The minimum Gasteiger partial charge on any atom is -0.463 e. The minimum atomic E-state index is -1.57. The third kappa shape index (κ3) is 9.39. The van der Waals surface area contributed by atoms with Gasteiger partial charge in [0.1, 0.15) is 6.10 Å². The number of aliphatic hydroxyl groups excluding tert-OH is 1. The van der Waals surface area contributed by atoms with E-state index in [2.05, 4.69) is 6.92 Å². The van der Waals surface area contributed by atoms with E-state index in [4.69, 9.17) is 20.7 Å². The molecule has 0 aliphatic heterocycles. The number of ether oxygens (including phenoxy) is 1. The summed E-state index contributed by atoms with van der Waals surface area (Å²) in [7, 11) is 0. The van der Waals surface area contributed by atoms with E-state index in [1.807, 2.05) is 0 Å². The van der Waals surface area contributed by atoms with Crippen LogP contribution in [0.25, 0.3) is 0 Å². The van der Waals surface area contributed by atoms with Crippen LogP contribution < -0.4 is 5.73 Å². The maximum atomic E-state index is 11.4. The van der Waals surface area contributed by atoms with Gasteiger partial charge in [-0.1, -0.05) is 32.6 Å². The Morgan fingerprint density at radius 2 is 1.83 bits per heavy atom. The van der Waals surface area contributed by atoms with Crippen LogP contribution in [0.1, 0.15) is 58.8 Å². The molecule has 0 amide bonds. The zero-order valence-corrected chi connectivity index (χ0v) is 11.5. The molecule has 0 bridgehead atoms. The lowest BCUT2D eigenvalue weighted by Crippen LogP contribution is -2.37. The number of hydrogen-bond acceptors (Lipinski definition) is 5. The molecule has 0 heterocycles. The maximum absolute atomic E-state index is 11.4. The van der Waals surface area contributed by atoms with Crippen molar-refractivity contribution in [2.24, 2.45) is 5.73 Å². The number of nitrogens with two attached hydrogens (primary N) is 1. The molecular weight excluding hydrogens is 234 g/mol. The summed E-state index contributed by atoms with van der Waals surface area (Å²) >= 11 is 0. The summed E-state index contributed by atoms with van der Waals surface area (Å²) in [5.74, 6) is -0.237. The van der Waals surface area contributed by atoms with Crippen molar-refractivity contribution in [3.05, 3.63) is 0 Å². The fourth-order valence-electron chi connectivity index (χ4n) is 1.71. The third-order valence-electron chi connectivity index (χ3n) is 2.80. The van der Waals surface area contributed by atoms with Crippen molar-refractivity contribution in [3.8, 4) is 0 Å². The number of carbonyl (C=O) groups excluding carboxylic acids is 1. The Kier molecular flexibility index (Phi) is 9.92. The van der Waals surface area contributed by atoms with Crippen molar-refractivity contribution < 1.29 is 19.7 Å². The van der Waals surface area contributed by atoms with Crippen LogP contribution in [-0.4, -0.2) is 34.6 Å². The van der Waals surface area contributed by atoms with E-state index in [1.165, 1.54) is 12.8 Å². The summed E-state index contributed by atoms with van der Waals surface area (Å²) < 4.78 is 5.14.